The summed E-state index contributed by atoms with van der Waals surface area (Å²) in [6.07, 6.45) is 9.35. The van der Waals surface area contributed by atoms with Crippen molar-refractivity contribution in [2.24, 2.45) is 17.3 Å². The molecule has 1 aliphatic carbocycles. The molecule has 0 heterocycles. The van der Waals surface area contributed by atoms with Gasteiger partial charge in [-0.1, -0.05) is 45.6 Å². The molecule has 0 saturated heterocycles. The Morgan fingerprint density at radius 2 is 2.10 bits per heavy atom. The molecule has 0 radical (unpaired) electrons. The van der Waals surface area contributed by atoms with Gasteiger partial charge in [0, 0.05) is 12.2 Å². The second kappa shape index (κ2) is 7.15. The van der Waals surface area contributed by atoms with Gasteiger partial charge in [0.05, 0.1) is 0 Å². The average Bonchev–Trinajstić information content (AvgIpc) is 3.04. The van der Waals surface area contributed by atoms with E-state index in [0.29, 0.717) is 11.3 Å². The summed E-state index contributed by atoms with van der Waals surface area (Å²) in [7, 11) is 0. The summed E-state index contributed by atoms with van der Waals surface area (Å²) in [5.74, 6) is 1.34. The Balaban J connectivity index is 2.47. The second-order valence-corrected chi connectivity index (χ2v) is 7.01. The van der Waals surface area contributed by atoms with Crippen molar-refractivity contribution in [2.75, 3.05) is 6.54 Å². The van der Waals surface area contributed by atoms with Crippen LogP contribution in [0, 0.1) is 17.3 Å². The standard InChI is InChI=1S/C19H33N/c1-8-16(5)17(6)20(9-2)14-18-13-19(18,7)12-10-11-15(3)4/h9,11,16,18H,2,6,8,10,12-14H2,1,3-5,7H3. The van der Waals surface area contributed by atoms with E-state index >= 15 is 0 Å². The first-order valence-electron chi connectivity index (χ1n) is 8.05. The van der Waals surface area contributed by atoms with Crippen LogP contribution in [-0.2, 0) is 0 Å². The van der Waals surface area contributed by atoms with Gasteiger partial charge in [0.1, 0.15) is 0 Å². The molecule has 0 aliphatic heterocycles. The van der Waals surface area contributed by atoms with Crippen molar-refractivity contribution in [1.82, 2.24) is 4.90 Å². The molecule has 3 atom stereocenters. The van der Waals surface area contributed by atoms with E-state index in [0.717, 1.165) is 18.9 Å². The third kappa shape index (κ3) is 4.54. The Labute approximate surface area is 126 Å². The predicted molar refractivity (Wildman–Crippen MR) is 90.4 cm³/mol. The van der Waals surface area contributed by atoms with Crippen LogP contribution in [0.4, 0.5) is 0 Å². The minimum atomic E-state index is 0.531. The normalized spacial score (nSPS) is 25.8. The van der Waals surface area contributed by atoms with E-state index in [9.17, 15) is 0 Å². The van der Waals surface area contributed by atoms with E-state index in [1.807, 2.05) is 6.20 Å². The first kappa shape index (κ1) is 17.1. The number of nitrogens with zero attached hydrogens (tertiary/aromatic N) is 1. The lowest BCUT2D eigenvalue weighted by Gasteiger charge is -2.27. The van der Waals surface area contributed by atoms with E-state index in [-0.39, 0.29) is 0 Å². The molecule has 1 saturated carbocycles. The fraction of sp³-hybridized carbons (Fsp3) is 0.684. The largest absolute Gasteiger partial charge is 0.352 e. The van der Waals surface area contributed by atoms with Gasteiger partial charge >= 0.3 is 0 Å². The number of hydrogen-bond acceptors (Lipinski definition) is 1. The number of allylic oxidation sites excluding steroid dienone is 3. The van der Waals surface area contributed by atoms with Crippen molar-refractivity contribution >= 4 is 0 Å². The van der Waals surface area contributed by atoms with Crippen molar-refractivity contribution in [3.63, 3.8) is 0 Å². The zero-order chi connectivity index (χ0) is 15.3. The summed E-state index contributed by atoms with van der Waals surface area (Å²) in [6.45, 7) is 20.6. The summed E-state index contributed by atoms with van der Waals surface area (Å²) >= 11 is 0. The fourth-order valence-corrected chi connectivity index (χ4v) is 2.85. The van der Waals surface area contributed by atoms with Gasteiger partial charge in [0.15, 0.2) is 0 Å². The third-order valence-corrected chi connectivity index (χ3v) is 4.99. The molecule has 3 unspecified atom stereocenters. The smallest absolute Gasteiger partial charge is 0.0255 e. The SMILES string of the molecule is C=CN(CC1CC1(C)CCC=C(C)C)C(=C)C(C)CC. The predicted octanol–water partition coefficient (Wildman–Crippen LogP) is 5.76. The first-order valence-corrected chi connectivity index (χ1v) is 8.05. The van der Waals surface area contributed by atoms with Gasteiger partial charge in [-0.05, 0) is 63.0 Å². The van der Waals surface area contributed by atoms with E-state index < -0.39 is 0 Å². The molecule has 1 fully saturated rings. The summed E-state index contributed by atoms with van der Waals surface area (Å²) in [5, 5.41) is 0. The van der Waals surface area contributed by atoms with E-state index in [1.54, 1.807) is 0 Å². The zero-order valence-corrected chi connectivity index (χ0v) is 14.2. The maximum atomic E-state index is 4.26. The van der Waals surface area contributed by atoms with Crippen molar-refractivity contribution in [1.29, 1.82) is 0 Å². The van der Waals surface area contributed by atoms with E-state index in [2.05, 4.69) is 58.8 Å². The van der Waals surface area contributed by atoms with Crippen molar-refractivity contribution in [3.05, 3.63) is 36.7 Å². The molecule has 1 aliphatic rings. The zero-order valence-electron chi connectivity index (χ0n) is 14.2. The van der Waals surface area contributed by atoms with Gasteiger partial charge in [-0.2, -0.15) is 0 Å². The maximum Gasteiger partial charge on any atom is 0.0255 e. The Kier molecular flexibility index (Phi) is 6.10. The Hall–Kier alpha value is -0.980. The second-order valence-electron chi connectivity index (χ2n) is 7.01. The van der Waals surface area contributed by atoms with Crippen LogP contribution in [0.25, 0.3) is 0 Å². The van der Waals surface area contributed by atoms with Gasteiger partial charge in [0.2, 0.25) is 0 Å². The van der Waals surface area contributed by atoms with Crippen LogP contribution in [0.15, 0.2) is 36.7 Å². The molecule has 20 heavy (non-hydrogen) atoms. The highest BCUT2D eigenvalue weighted by atomic mass is 15.1. The maximum absolute atomic E-state index is 4.26. The highest BCUT2D eigenvalue weighted by Gasteiger charge is 2.49. The van der Waals surface area contributed by atoms with Crippen LogP contribution in [0.1, 0.15) is 60.3 Å². The van der Waals surface area contributed by atoms with Crippen LogP contribution < -0.4 is 0 Å². The highest BCUT2D eigenvalue weighted by Crippen LogP contribution is 2.56. The van der Waals surface area contributed by atoms with E-state index in [1.165, 1.54) is 30.5 Å². The molecule has 0 amide bonds. The summed E-state index contributed by atoms with van der Waals surface area (Å²) in [6, 6.07) is 0. The lowest BCUT2D eigenvalue weighted by atomic mass is 9.98. The topological polar surface area (TPSA) is 3.24 Å². The van der Waals surface area contributed by atoms with E-state index in [4.69, 9.17) is 0 Å². The lowest BCUT2D eigenvalue weighted by Crippen LogP contribution is -2.23. The van der Waals surface area contributed by atoms with Crippen LogP contribution in [-0.4, -0.2) is 11.4 Å². The highest BCUT2D eigenvalue weighted by molar-refractivity contribution is 5.08. The summed E-state index contributed by atoms with van der Waals surface area (Å²) in [4.78, 5) is 2.28. The fourth-order valence-electron chi connectivity index (χ4n) is 2.85. The third-order valence-electron chi connectivity index (χ3n) is 4.99. The van der Waals surface area contributed by atoms with Crippen LogP contribution in [0.5, 0.6) is 0 Å². The van der Waals surface area contributed by atoms with Crippen LogP contribution in [0.2, 0.25) is 0 Å². The molecular weight excluding hydrogens is 242 g/mol. The number of rotatable bonds is 9. The molecule has 0 aromatic carbocycles. The summed E-state index contributed by atoms with van der Waals surface area (Å²) < 4.78 is 0. The monoisotopic (exact) mass is 275 g/mol. The Morgan fingerprint density at radius 1 is 1.45 bits per heavy atom. The molecule has 0 bridgehead atoms. The van der Waals surface area contributed by atoms with Crippen molar-refractivity contribution in [2.45, 2.75) is 60.3 Å². The molecule has 114 valence electrons. The first-order chi connectivity index (χ1) is 9.34. The minimum absolute atomic E-state index is 0.531. The van der Waals surface area contributed by atoms with Crippen molar-refractivity contribution in [3.8, 4) is 0 Å². The molecular formula is C19H33N. The molecule has 1 rings (SSSR count). The van der Waals surface area contributed by atoms with Gasteiger partial charge in [-0.3, -0.25) is 0 Å². The quantitative estimate of drug-likeness (QED) is 0.483. The van der Waals surface area contributed by atoms with Gasteiger partial charge in [-0.25, -0.2) is 0 Å². The molecule has 0 spiro atoms. The number of hydrogen-bond donors (Lipinski definition) is 0. The molecule has 0 aromatic heterocycles. The Morgan fingerprint density at radius 3 is 2.60 bits per heavy atom. The summed E-state index contributed by atoms with van der Waals surface area (Å²) in [5.41, 5.74) is 3.19. The molecule has 0 aromatic rings. The van der Waals surface area contributed by atoms with Gasteiger partial charge < -0.3 is 4.90 Å². The van der Waals surface area contributed by atoms with Crippen LogP contribution in [0.3, 0.4) is 0 Å². The minimum Gasteiger partial charge on any atom is -0.352 e. The Bertz CT molecular complexity index is 375. The van der Waals surface area contributed by atoms with Crippen molar-refractivity contribution < 1.29 is 0 Å². The van der Waals surface area contributed by atoms with Crippen LogP contribution >= 0.6 is 0 Å². The molecule has 1 nitrogen and oxygen atoms in total. The molecule has 0 N–H and O–H groups in total. The molecule has 1 heteroatoms. The van der Waals surface area contributed by atoms with Gasteiger partial charge in [-0.15, -0.1) is 0 Å². The lowest BCUT2D eigenvalue weighted by molar-refractivity contribution is 0.347. The average molecular weight is 275 g/mol. The van der Waals surface area contributed by atoms with Gasteiger partial charge in [0.25, 0.3) is 0 Å².